The van der Waals surface area contributed by atoms with Crippen LogP contribution in [0.3, 0.4) is 0 Å². The molecule has 0 atom stereocenters. The Morgan fingerprint density at radius 2 is 1.54 bits per heavy atom. The van der Waals surface area contributed by atoms with Crippen LogP contribution in [0.2, 0.25) is 0 Å². The molecule has 0 unspecified atom stereocenters. The van der Waals surface area contributed by atoms with E-state index in [2.05, 4.69) is 52.0 Å². The minimum absolute atomic E-state index is 0.0434. The summed E-state index contributed by atoms with van der Waals surface area (Å²) in [4.78, 5) is 20.7. The van der Waals surface area contributed by atoms with Crippen molar-refractivity contribution in [1.29, 1.82) is 5.26 Å². The molecule has 1 aliphatic rings. The van der Waals surface area contributed by atoms with Gasteiger partial charge in [0.25, 0.3) is 0 Å². The number of nitrogens with two attached hydrogens (primary N) is 1. The number of carboxylic acid groups (broad SMARTS) is 1. The molecule has 0 bridgehead atoms. The zero-order valence-electron chi connectivity index (χ0n) is 25.5. The molecule has 3 rings (SSSR count). The number of carbonyl (C=O) groups is 2. The molecule has 39 heavy (non-hydrogen) atoms. The molecule has 2 aromatic carbocycles. The van der Waals surface area contributed by atoms with E-state index in [4.69, 9.17) is 16.1 Å². The molecule has 1 fully saturated rings. The van der Waals surface area contributed by atoms with Gasteiger partial charge in [0.1, 0.15) is 5.78 Å². The minimum Gasteiger partial charge on any atom is -0.481 e. The normalized spacial score (nSPS) is 15.6. The van der Waals surface area contributed by atoms with E-state index in [9.17, 15) is 9.59 Å². The average Bonchev–Trinajstić information content (AvgIpc) is 2.90. The van der Waals surface area contributed by atoms with Crippen LogP contribution in [0.4, 0.5) is 5.69 Å². The van der Waals surface area contributed by atoms with Crippen LogP contribution in [-0.2, 0) is 22.4 Å². The first-order chi connectivity index (χ1) is 18.5. The van der Waals surface area contributed by atoms with Gasteiger partial charge >= 0.3 is 5.97 Å². The van der Waals surface area contributed by atoms with Crippen molar-refractivity contribution in [2.24, 2.45) is 11.8 Å². The first kappa shape index (κ1) is 35.9. The van der Waals surface area contributed by atoms with Crippen LogP contribution in [0, 0.1) is 37.0 Å². The number of nitrogens with zero attached hydrogens (tertiary/aromatic N) is 1. The molecule has 0 spiro atoms. The predicted molar refractivity (Wildman–Crippen MR) is 164 cm³/mol. The Morgan fingerprint density at radius 1 is 0.949 bits per heavy atom. The highest BCUT2D eigenvalue weighted by Gasteiger charge is 2.24. The second kappa shape index (κ2) is 20.8. The maximum atomic E-state index is 10.6. The van der Waals surface area contributed by atoms with Gasteiger partial charge in [0.05, 0.1) is 17.6 Å². The van der Waals surface area contributed by atoms with Crippen LogP contribution in [0.1, 0.15) is 114 Å². The largest absolute Gasteiger partial charge is 0.481 e. The lowest BCUT2D eigenvalue weighted by Gasteiger charge is -2.25. The van der Waals surface area contributed by atoms with E-state index in [0.717, 1.165) is 62.8 Å². The molecule has 0 heterocycles. The Bertz CT molecular complexity index is 1010. The van der Waals surface area contributed by atoms with Gasteiger partial charge in [-0.15, -0.1) is 0 Å². The molecule has 0 amide bonds. The number of benzene rings is 2. The van der Waals surface area contributed by atoms with Crippen LogP contribution in [0.5, 0.6) is 0 Å². The number of rotatable bonds is 7. The third kappa shape index (κ3) is 15.1. The van der Waals surface area contributed by atoms with E-state index in [1.165, 1.54) is 29.5 Å². The van der Waals surface area contributed by atoms with Crippen molar-refractivity contribution in [2.75, 3.05) is 5.73 Å². The predicted octanol–water partition coefficient (Wildman–Crippen LogP) is 8.62. The van der Waals surface area contributed by atoms with Crippen molar-refractivity contribution in [3.8, 4) is 6.07 Å². The van der Waals surface area contributed by atoms with Gasteiger partial charge < -0.3 is 15.6 Å². The highest BCUT2D eigenvalue weighted by Crippen LogP contribution is 2.31. The number of nitriles is 1. The topological polar surface area (TPSA) is 104 Å². The van der Waals surface area contributed by atoms with Crippen molar-refractivity contribution >= 4 is 17.4 Å². The molecular weight excluding hydrogens is 484 g/mol. The molecule has 216 valence electrons. The summed E-state index contributed by atoms with van der Waals surface area (Å²) in [5.41, 5.74) is 12.2. The molecule has 0 radical (unpaired) electrons. The number of Topliss-reactive ketones (excluding diaryl/α,β-unsaturated/α-hetero) is 1. The number of nitrogen functional groups attached to an aromatic ring is 1. The Labute approximate surface area is 237 Å². The molecule has 3 N–H and O–H groups in total. The zero-order chi connectivity index (χ0) is 29.8. The molecule has 0 aromatic heterocycles. The highest BCUT2D eigenvalue weighted by molar-refractivity contribution is 5.75. The van der Waals surface area contributed by atoms with Crippen molar-refractivity contribution in [2.45, 2.75) is 113 Å². The summed E-state index contributed by atoms with van der Waals surface area (Å²) in [6, 6.07) is 14.0. The monoisotopic (exact) mass is 536 g/mol. The van der Waals surface area contributed by atoms with Crippen molar-refractivity contribution < 1.29 is 14.7 Å². The fourth-order valence-corrected chi connectivity index (χ4v) is 4.87. The molecule has 5 nitrogen and oxygen atoms in total. The van der Waals surface area contributed by atoms with Crippen molar-refractivity contribution in [3.05, 3.63) is 64.2 Å². The number of ketones is 1. The molecule has 1 saturated carbocycles. The van der Waals surface area contributed by atoms with Gasteiger partial charge in [0, 0.05) is 12.1 Å². The van der Waals surface area contributed by atoms with E-state index in [1.54, 1.807) is 13.0 Å². The van der Waals surface area contributed by atoms with Crippen LogP contribution in [0.15, 0.2) is 36.4 Å². The van der Waals surface area contributed by atoms with E-state index < -0.39 is 5.97 Å². The van der Waals surface area contributed by atoms with Gasteiger partial charge in [-0.05, 0) is 106 Å². The lowest BCUT2D eigenvalue weighted by Crippen LogP contribution is -2.21. The highest BCUT2D eigenvalue weighted by atomic mass is 16.4. The molecule has 1 aliphatic carbocycles. The van der Waals surface area contributed by atoms with Gasteiger partial charge in [-0.2, -0.15) is 5.26 Å². The molecule has 0 aliphatic heterocycles. The quantitative estimate of drug-likeness (QED) is 0.345. The lowest BCUT2D eigenvalue weighted by atomic mass is 9.80. The number of anilines is 1. The summed E-state index contributed by atoms with van der Waals surface area (Å²) in [5, 5.41) is 17.4. The second-order valence-electron chi connectivity index (χ2n) is 10.4. The van der Waals surface area contributed by atoms with E-state index in [0.29, 0.717) is 11.3 Å². The smallest absolute Gasteiger partial charge is 0.306 e. The summed E-state index contributed by atoms with van der Waals surface area (Å²) in [6.07, 6.45) is 10.3. The van der Waals surface area contributed by atoms with Gasteiger partial charge in [-0.3, -0.25) is 4.79 Å². The van der Waals surface area contributed by atoms with E-state index >= 15 is 0 Å². The Kier molecular flexibility index (Phi) is 19.1. The first-order valence-electron chi connectivity index (χ1n) is 14.6. The molecule has 0 saturated heterocycles. The standard InChI is InChI=1S/C10H18O2.C10H14.C9H10N2.C5H10O/c1-2-3-8-4-6-9(7-5-8)10(11)12;1-4-10-8(2)6-5-7-9(10)3;1-2-7-3-4-9(11)5-8(7)6-10;1-3-4-5(2)6/h8-9H,2-7H2,1H3,(H,11,12);5-7H,4H2,1-3H3;3-5H,2,11H2,1H3;3-4H2,1-2H3. The SMILES string of the molecule is CCCC(C)=O.CCCC1CCC(C(=O)O)CC1.CCc1c(C)cccc1C.CCc1ccc(N)cc1C#N. The van der Waals surface area contributed by atoms with Crippen LogP contribution >= 0.6 is 0 Å². The number of aliphatic carboxylic acids is 1. The number of carbonyl (C=O) groups excluding carboxylic acids is 1. The number of hydrogen-bond donors (Lipinski definition) is 2. The summed E-state index contributed by atoms with van der Waals surface area (Å²) in [6.45, 7) is 14.4. The van der Waals surface area contributed by atoms with Gasteiger partial charge in [0.2, 0.25) is 0 Å². The van der Waals surface area contributed by atoms with Gasteiger partial charge in [0.15, 0.2) is 0 Å². The Morgan fingerprint density at radius 3 is 1.90 bits per heavy atom. The van der Waals surface area contributed by atoms with Crippen LogP contribution < -0.4 is 5.73 Å². The number of aryl methyl sites for hydroxylation is 3. The number of hydrogen-bond acceptors (Lipinski definition) is 4. The van der Waals surface area contributed by atoms with Crippen molar-refractivity contribution in [3.63, 3.8) is 0 Å². The maximum Gasteiger partial charge on any atom is 0.306 e. The summed E-state index contributed by atoms with van der Waals surface area (Å²) < 4.78 is 0. The molecular formula is C34H52N2O3. The lowest BCUT2D eigenvalue weighted by molar-refractivity contribution is -0.143. The average molecular weight is 537 g/mol. The van der Waals surface area contributed by atoms with Gasteiger partial charge in [-0.25, -0.2) is 0 Å². The Hall–Kier alpha value is -3.13. The van der Waals surface area contributed by atoms with Crippen LogP contribution in [0.25, 0.3) is 0 Å². The Balaban J connectivity index is 0.000000507. The van der Waals surface area contributed by atoms with Crippen molar-refractivity contribution in [1.82, 2.24) is 0 Å². The first-order valence-corrected chi connectivity index (χ1v) is 14.6. The third-order valence-electron chi connectivity index (χ3n) is 7.13. The fraction of sp³-hybridized carbons (Fsp3) is 0.559. The third-order valence-corrected chi connectivity index (χ3v) is 7.13. The van der Waals surface area contributed by atoms with Crippen LogP contribution in [-0.4, -0.2) is 16.9 Å². The number of carboxylic acids is 1. The minimum atomic E-state index is -0.593. The molecule has 2 aromatic rings. The second-order valence-corrected chi connectivity index (χ2v) is 10.4. The summed E-state index contributed by atoms with van der Waals surface area (Å²) in [5.74, 6) is 0.464. The van der Waals surface area contributed by atoms with Gasteiger partial charge in [-0.1, -0.05) is 64.8 Å². The zero-order valence-corrected chi connectivity index (χ0v) is 25.5. The summed E-state index contributed by atoms with van der Waals surface area (Å²) >= 11 is 0. The summed E-state index contributed by atoms with van der Waals surface area (Å²) in [7, 11) is 0. The fourth-order valence-electron chi connectivity index (χ4n) is 4.87. The molecule has 5 heteroatoms. The van der Waals surface area contributed by atoms with E-state index in [1.807, 2.05) is 26.0 Å². The van der Waals surface area contributed by atoms with E-state index in [-0.39, 0.29) is 11.7 Å². The maximum absolute atomic E-state index is 10.6.